The third-order valence-corrected chi connectivity index (χ3v) is 6.16. The predicted octanol–water partition coefficient (Wildman–Crippen LogP) is 6.06. The molecule has 0 aromatic heterocycles. The molecule has 0 saturated carbocycles. The van der Waals surface area contributed by atoms with Crippen LogP contribution in [0.2, 0.25) is 0 Å². The lowest BCUT2D eigenvalue weighted by atomic mass is 10.2. The van der Waals surface area contributed by atoms with E-state index in [1.807, 2.05) is 91.0 Å². The minimum atomic E-state index is -3.10. The fourth-order valence-corrected chi connectivity index (χ4v) is 4.57. The third-order valence-electron chi connectivity index (χ3n) is 4.46. The number of nitrogens with one attached hydrogen (secondary N) is 2. The number of hydrazine groups is 1. The molecule has 0 saturated heterocycles. The molecule has 0 aliphatic carbocycles. The molecule has 5 heteroatoms. The van der Waals surface area contributed by atoms with Crippen LogP contribution in [0.25, 0.3) is 17.2 Å². The summed E-state index contributed by atoms with van der Waals surface area (Å²) in [6, 6.07) is 29.0. The van der Waals surface area contributed by atoms with Crippen LogP contribution in [-0.4, -0.2) is 0 Å². The lowest BCUT2D eigenvalue weighted by molar-refractivity contribution is 0.468. The maximum absolute atomic E-state index is 13.7. The van der Waals surface area contributed by atoms with Crippen LogP contribution in [0, 0.1) is 0 Å². The molecule has 4 rings (SSSR count). The first-order chi connectivity index (χ1) is 14.1. The van der Waals surface area contributed by atoms with Gasteiger partial charge in [-0.05, 0) is 5.56 Å². The Bertz CT molecular complexity index is 1050. The van der Waals surface area contributed by atoms with Gasteiger partial charge < -0.3 is 10.2 Å². The van der Waals surface area contributed by atoms with Gasteiger partial charge in [0.05, 0.1) is 0 Å². The van der Waals surface area contributed by atoms with E-state index in [2.05, 4.69) is 17.2 Å². The van der Waals surface area contributed by atoms with Gasteiger partial charge in [-0.15, -0.1) is 0 Å². The van der Waals surface area contributed by atoms with Gasteiger partial charge in [0, 0.05) is 28.5 Å². The quantitative estimate of drug-likeness (QED) is 0.390. The first kappa shape index (κ1) is 19.0. The van der Waals surface area contributed by atoms with Crippen LogP contribution < -0.4 is 10.6 Å². The fraction of sp³-hybridized carbons (Fsp3) is 0. The predicted molar refractivity (Wildman–Crippen MR) is 119 cm³/mol. The molecule has 1 heterocycles. The molecule has 4 nitrogen and oxygen atoms in total. The summed E-state index contributed by atoms with van der Waals surface area (Å²) in [5.74, 6) is 4.38. The lowest BCUT2D eigenvalue weighted by Gasteiger charge is -2.24. The van der Waals surface area contributed by atoms with Crippen molar-refractivity contribution in [1.29, 1.82) is 0 Å². The van der Waals surface area contributed by atoms with E-state index < -0.39 is 7.29 Å². The molecular weight excluding hydrogens is 379 g/mol. The molecule has 0 radical (unpaired) electrons. The van der Waals surface area contributed by atoms with Gasteiger partial charge in [-0.3, -0.25) is 4.57 Å². The zero-order chi connectivity index (χ0) is 20.1. The van der Waals surface area contributed by atoms with Crippen molar-refractivity contribution in [2.45, 2.75) is 0 Å². The molecule has 144 valence electrons. The van der Waals surface area contributed by atoms with Crippen molar-refractivity contribution in [3.8, 4) is 0 Å². The highest BCUT2D eigenvalue weighted by atomic mass is 31.2. The van der Waals surface area contributed by atoms with Crippen molar-refractivity contribution in [2.75, 3.05) is 0 Å². The van der Waals surface area contributed by atoms with E-state index in [1.54, 1.807) is 11.6 Å². The highest BCUT2D eigenvalue weighted by molar-refractivity contribution is 7.68. The second-order valence-electron chi connectivity index (χ2n) is 6.61. The van der Waals surface area contributed by atoms with E-state index in [0.717, 1.165) is 16.7 Å². The van der Waals surface area contributed by atoms with Gasteiger partial charge in [0.2, 0.25) is 7.29 Å². The molecule has 1 aliphatic rings. The average molecular weight is 400 g/mol. The molecule has 0 spiro atoms. The molecule has 0 atom stereocenters. The number of benzene rings is 3. The zero-order valence-electron chi connectivity index (χ0n) is 15.8. The Morgan fingerprint density at radius 2 is 1.17 bits per heavy atom. The maximum atomic E-state index is 13.7. The van der Waals surface area contributed by atoms with Crippen molar-refractivity contribution < 1.29 is 9.30 Å². The monoisotopic (exact) mass is 400 g/mol. The molecule has 0 bridgehead atoms. The van der Waals surface area contributed by atoms with E-state index in [4.69, 9.17) is 4.74 Å². The number of ether oxygens (including phenoxy) is 1. The van der Waals surface area contributed by atoms with Crippen LogP contribution in [0.4, 0.5) is 0 Å². The first-order valence-electron chi connectivity index (χ1n) is 9.24. The minimum absolute atomic E-state index is 0.551. The molecule has 1 aliphatic heterocycles. The Labute approximate surface area is 170 Å². The summed E-state index contributed by atoms with van der Waals surface area (Å²) in [5, 5.41) is 2.97. The standard InChI is InChI=1S/C24H21N2O2P/c1-19(20-11-5-2-6-12-20)25-26-29(27)17-23(21-13-7-3-8-14-21)28-24(18-29)22-15-9-4-10-16-22/h2-18,25H,1H2,(H,26,27). The van der Waals surface area contributed by atoms with Gasteiger partial charge >= 0.3 is 0 Å². The van der Waals surface area contributed by atoms with Gasteiger partial charge in [0.25, 0.3) is 0 Å². The van der Waals surface area contributed by atoms with Gasteiger partial charge in [0.15, 0.2) is 0 Å². The summed E-state index contributed by atoms with van der Waals surface area (Å²) in [6.45, 7) is 4.03. The Morgan fingerprint density at radius 1 is 0.724 bits per heavy atom. The van der Waals surface area contributed by atoms with Crippen LogP contribution >= 0.6 is 7.29 Å². The molecule has 0 amide bonds. The van der Waals surface area contributed by atoms with Crippen molar-refractivity contribution in [3.63, 3.8) is 0 Å². The lowest BCUT2D eigenvalue weighted by Crippen LogP contribution is -2.26. The van der Waals surface area contributed by atoms with Crippen LogP contribution in [-0.2, 0) is 9.30 Å². The molecule has 0 unspecified atom stereocenters. The number of hydrogen-bond donors (Lipinski definition) is 2. The van der Waals surface area contributed by atoms with Crippen LogP contribution in [0.3, 0.4) is 0 Å². The highest BCUT2D eigenvalue weighted by Crippen LogP contribution is 2.52. The number of hydrogen-bond acceptors (Lipinski definition) is 3. The Kier molecular flexibility index (Phi) is 5.48. The summed E-state index contributed by atoms with van der Waals surface area (Å²) in [7, 11) is -3.10. The smallest absolute Gasteiger partial charge is 0.214 e. The zero-order valence-corrected chi connectivity index (χ0v) is 16.7. The SMILES string of the molecule is C=C(NNP1(=O)C=C(c2ccccc2)OC(c2ccccc2)=C1)c1ccccc1. The Hall–Kier alpha value is -3.33. The van der Waals surface area contributed by atoms with E-state index in [1.165, 1.54) is 0 Å². The summed E-state index contributed by atoms with van der Waals surface area (Å²) >= 11 is 0. The summed E-state index contributed by atoms with van der Waals surface area (Å²) in [6.07, 6.45) is 0. The minimum Gasteiger partial charge on any atom is -0.456 e. The van der Waals surface area contributed by atoms with Crippen LogP contribution in [0.5, 0.6) is 0 Å². The molecule has 3 aromatic carbocycles. The van der Waals surface area contributed by atoms with Crippen molar-refractivity contribution >= 4 is 24.5 Å². The fourth-order valence-electron chi connectivity index (χ4n) is 2.96. The van der Waals surface area contributed by atoms with Crippen molar-refractivity contribution in [3.05, 3.63) is 126 Å². The topological polar surface area (TPSA) is 50.4 Å². The molecular formula is C24H21N2O2P. The molecule has 3 aromatic rings. The average Bonchev–Trinajstić information content (AvgIpc) is 2.79. The van der Waals surface area contributed by atoms with Gasteiger partial charge in [-0.25, -0.2) is 0 Å². The van der Waals surface area contributed by atoms with E-state index in [-0.39, 0.29) is 0 Å². The summed E-state index contributed by atoms with van der Waals surface area (Å²) in [4.78, 5) is 0. The second kappa shape index (κ2) is 8.36. The van der Waals surface area contributed by atoms with Crippen LogP contribution in [0.15, 0.2) is 109 Å². The Morgan fingerprint density at radius 3 is 1.66 bits per heavy atom. The van der Waals surface area contributed by atoms with Gasteiger partial charge in [-0.1, -0.05) is 97.6 Å². The van der Waals surface area contributed by atoms with Crippen LogP contribution in [0.1, 0.15) is 16.7 Å². The summed E-state index contributed by atoms with van der Waals surface area (Å²) < 4.78 is 19.8. The Balaban J connectivity index is 1.64. The van der Waals surface area contributed by atoms with Gasteiger partial charge in [0.1, 0.15) is 11.5 Å². The van der Waals surface area contributed by atoms with E-state index in [9.17, 15) is 4.57 Å². The van der Waals surface area contributed by atoms with Crippen molar-refractivity contribution in [1.82, 2.24) is 10.6 Å². The molecule has 2 N–H and O–H groups in total. The first-order valence-corrected chi connectivity index (χ1v) is 11.1. The largest absolute Gasteiger partial charge is 0.456 e. The van der Waals surface area contributed by atoms with E-state index in [0.29, 0.717) is 17.2 Å². The third kappa shape index (κ3) is 4.57. The van der Waals surface area contributed by atoms with E-state index >= 15 is 0 Å². The molecule has 29 heavy (non-hydrogen) atoms. The van der Waals surface area contributed by atoms with Gasteiger partial charge in [-0.2, -0.15) is 5.20 Å². The normalized spacial score (nSPS) is 14.9. The van der Waals surface area contributed by atoms with Crippen molar-refractivity contribution in [2.24, 2.45) is 0 Å². The highest BCUT2D eigenvalue weighted by Gasteiger charge is 2.26. The molecule has 0 fully saturated rings. The number of rotatable bonds is 6. The summed E-state index contributed by atoms with van der Waals surface area (Å²) in [5.41, 5.74) is 6.27. The second-order valence-corrected chi connectivity index (χ2v) is 8.77. The maximum Gasteiger partial charge on any atom is 0.214 e.